The normalized spacial score (nSPS) is 15.4. The molecule has 0 saturated carbocycles. The highest BCUT2D eigenvalue weighted by molar-refractivity contribution is 5.80. The zero-order valence-electron chi connectivity index (χ0n) is 14.4. The molecule has 1 aliphatic rings. The van der Waals surface area contributed by atoms with E-state index >= 15 is 0 Å². The summed E-state index contributed by atoms with van der Waals surface area (Å²) in [6.45, 7) is 5.05. The number of amides is 2. The van der Waals surface area contributed by atoms with Gasteiger partial charge in [0.1, 0.15) is 17.6 Å². The number of likely N-dealkylation sites (N-methyl/N-ethyl adjacent to an activating group) is 1. The van der Waals surface area contributed by atoms with Gasteiger partial charge in [-0.15, -0.1) is 0 Å². The second kappa shape index (κ2) is 8.54. The van der Waals surface area contributed by atoms with E-state index in [-0.39, 0.29) is 31.0 Å². The number of nitrogens with one attached hydrogen (secondary N) is 3. The largest absolute Gasteiger partial charge is 0.494 e. The Hall–Kier alpha value is -2.28. The topological polar surface area (TPSA) is 88.7 Å². The first-order valence-electron chi connectivity index (χ1n) is 8.16. The molecule has 0 bridgehead atoms. The molecule has 1 heterocycles. The molecule has 7 heteroatoms. The predicted molar refractivity (Wildman–Crippen MR) is 90.2 cm³/mol. The summed E-state index contributed by atoms with van der Waals surface area (Å²) in [5.74, 6) is 1.28. The molecule has 0 fully saturated rings. The van der Waals surface area contributed by atoms with Gasteiger partial charge in [-0.1, -0.05) is 0 Å². The minimum absolute atomic E-state index is 0.0792. The number of carbonyl (C=O) groups is 2. The van der Waals surface area contributed by atoms with E-state index in [1.807, 2.05) is 26.0 Å². The van der Waals surface area contributed by atoms with Gasteiger partial charge >= 0.3 is 0 Å². The van der Waals surface area contributed by atoms with Crippen LogP contribution in [0.2, 0.25) is 0 Å². The average Bonchev–Trinajstić information content (AvgIpc) is 2.91. The molecule has 0 aliphatic carbocycles. The molecule has 0 saturated heterocycles. The molecule has 1 aromatic rings. The van der Waals surface area contributed by atoms with E-state index < -0.39 is 0 Å². The Balaban J connectivity index is 1.92. The fraction of sp³-hybridized carbons (Fsp3) is 0.529. The summed E-state index contributed by atoms with van der Waals surface area (Å²) in [6, 6.07) is 3.93. The third-order valence-electron chi connectivity index (χ3n) is 3.70. The molecule has 2 amide bonds. The van der Waals surface area contributed by atoms with Crippen molar-refractivity contribution in [3.63, 3.8) is 0 Å². The monoisotopic (exact) mass is 335 g/mol. The number of ether oxygens (including phenoxy) is 2. The van der Waals surface area contributed by atoms with Crippen molar-refractivity contribution in [2.24, 2.45) is 0 Å². The molecule has 7 nitrogen and oxygen atoms in total. The van der Waals surface area contributed by atoms with Gasteiger partial charge in [-0.3, -0.25) is 14.9 Å². The van der Waals surface area contributed by atoms with Crippen molar-refractivity contribution in [2.45, 2.75) is 32.9 Å². The zero-order chi connectivity index (χ0) is 17.5. The maximum atomic E-state index is 11.9. The Labute approximate surface area is 142 Å². The van der Waals surface area contributed by atoms with Crippen LogP contribution in [0.25, 0.3) is 0 Å². The van der Waals surface area contributed by atoms with Gasteiger partial charge in [-0.05, 0) is 26.0 Å². The predicted octanol–water partition coefficient (Wildman–Crippen LogP) is 0.361. The second-order valence-corrected chi connectivity index (χ2v) is 5.69. The molecule has 132 valence electrons. The van der Waals surface area contributed by atoms with Gasteiger partial charge < -0.3 is 20.1 Å². The first-order chi connectivity index (χ1) is 11.5. The van der Waals surface area contributed by atoms with Gasteiger partial charge in [0.15, 0.2) is 0 Å². The van der Waals surface area contributed by atoms with Crippen LogP contribution in [0.1, 0.15) is 25.0 Å². The van der Waals surface area contributed by atoms with Gasteiger partial charge in [0.05, 0.1) is 19.7 Å². The summed E-state index contributed by atoms with van der Waals surface area (Å²) in [4.78, 5) is 23.0. The molecular formula is C17H25N3O4. The second-order valence-electron chi connectivity index (χ2n) is 5.69. The third-order valence-corrected chi connectivity index (χ3v) is 3.70. The van der Waals surface area contributed by atoms with Crippen molar-refractivity contribution in [2.75, 3.05) is 26.7 Å². The standard InChI is InChI=1S/C17H25N3O4/c1-4-23-14-6-12-5-11(2)24-15(12)7-13(14)8-20-17(22)10-19-9-16(21)18-3/h6-7,11,19H,4-5,8-10H2,1-3H3,(H,18,21)(H,20,22)/t11-/m1/s1. The van der Waals surface area contributed by atoms with Crippen LogP contribution in [-0.4, -0.2) is 44.7 Å². The van der Waals surface area contributed by atoms with Crippen LogP contribution < -0.4 is 25.4 Å². The van der Waals surface area contributed by atoms with Gasteiger partial charge in [0.2, 0.25) is 11.8 Å². The van der Waals surface area contributed by atoms with Crippen LogP contribution in [0.3, 0.4) is 0 Å². The van der Waals surface area contributed by atoms with Crippen LogP contribution in [-0.2, 0) is 22.6 Å². The van der Waals surface area contributed by atoms with Gasteiger partial charge in [-0.25, -0.2) is 0 Å². The first-order valence-corrected chi connectivity index (χ1v) is 8.16. The van der Waals surface area contributed by atoms with Gasteiger partial charge in [0.25, 0.3) is 0 Å². The maximum Gasteiger partial charge on any atom is 0.234 e. The fourth-order valence-corrected chi connectivity index (χ4v) is 2.54. The number of fused-ring (bicyclic) bond motifs is 1. The van der Waals surface area contributed by atoms with Crippen molar-refractivity contribution < 1.29 is 19.1 Å². The highest BCUT2D eigenvalue weighted by atomic mass is 16.5. The molecule has 0 aromatic heterocycles. The van der Waals surface area contributed by atoms with Crippen molar-refractivity contribution in [3.05, 3.63) is 23.3 Å². The quantitative estimate of drug-likeness (QED) is 0.638. The summed E-state index contributed by atoms with van der Waals surface area (Å²) >= 11 is 0. The van der Waals surface area contributed by atoms with E-state index in [1.165, 1.54) is 0 Å². The SMILES string of the molecule is CCOc1cc2c(cc1CNC(=O)CNCC(=O)NC)O[C@H](C)C2. The van der Waals surface area contributed by atoms with Crippen molar-refractivity contribution in [1.29, 1.82) is 0 Å². The lowest BCUT2D eigenvalue weighted by atomic mass is 10.1. The minimum atomic E-state index is -0.184. The van der Waals surface area contributed by atoms with Gasteiger partial charge in [-0.2, -0.15) is 0 Å². The Morgan fingerprint density at radius 3 is 2.75 bits per heavy atom. The van der Waals surface area contributed by atoms with Crippen LogP contribution in [0.5, 0.6) is 11.5 Å². The number of rotatable bonds is 8. The molecule has 0 radical (unpaired) electrons. The average molecular weight is 335 g/mol. The van der Waals surface area contributed by atoms with Crippen LogP contribution in [0.4, 0.5) is 0 Å². The van der Waals surface area contributed by atoms with E-state index in [9.17, 15) is 9.59 Å². The number of hydrogen-bond acceptors (Lipinski definition) is 5. The van der Waals surface area contributed by atoms with Crippen molar-refractivity contribution in [3.8, 4) is 11.5 Å². The molecule has 24 heavy (non-hydrogen) atoms. The number of benzene rings is 1. The highest BCUT2D eigenvalue weighted by Crippen LogP contribution is 2.35. The maximum absolute atomic E-state index is 11.9. The lowest BCUT2D eigenvalue weighted by Crippen LogP contribution is -2.38. The van der Waals surface area contributed by atoms with Gasteiger partial charge in [0, 0.05) is 31.1 Å². The summed E-state index contributed by atoms with van der Waals surface area (Å²) in [7, 11) is 1.55. The molecule has 0 unspecified atom stereocenters. The summed E-state index contributed by atoms with van der Waals surface area (Å²) in [6.07, 6.45) is 1.03. The number of hydrogen-bond donors (Lipinski definition) is 3. The molecule has 3 N–H and O–H groups in total. The van der Waals surface area contributed by atoms with E-state index in [0.717, 1.165) is 29.0 Å². The Morgan fingerprint density at radius 2 is 2.04 bits per heavy atom. The molecule has 0 spiro atoms. The van der Waals surface area contributed by atoms with E-state index in [2.05, 4.69) is 16.0 Å². The zero-order valence-corrected chi connectivity index (χ0v) is 14.4. The molecule has 2 rings (SSSR count). The minimum Gasteiger partial charge on any atom is -0.494 e. The summed E-state index contributed by atoms with van der Waals surface area (Å²) in [5.41, 5.74) is 2.01. The fourth-order valence-electron chi connectivity index (χ4n) is 2.54. The highest BCUT2D eigenvalue weighted by Gasteiger charge is 2.22. The van der Waals surface area contributed by atoms with Crippen molar-refractivity contribution in [1.82, 2.24) is 16.0 Å². The summed E-state index contributed by atoms with van der Waals surface area (Å²) in [5, 5.41) is 8.08. The third kappa shape index (κ3) is 4.86. The molecule has 1 aliphatic heterocycles. The van der Waals surface area contributed by atoms with Crippen LogP contribution in [0.15, 0.2) is 12.1 Å². The van der Waals surface area contributed by atoms with E-state index in [0.29, 0.717) is 13.2 Å². The van der Waals surface area contributed by atoms with E-state index in [4.69, 9.17) is 9.47 Å². The van der Waals surface area contributed by atoms with E-state index in [1.54, 1.807) is 7.05 Å². The van der Waals surface area contributed by atoms with Crippen LogP contribution in [0, 0.1) is 0 Å². The Morgan fingerprint density at radius 1 is 1.29 bits per heavy atom. The smallest absolute Gasteiger partial charge is 0.234 e. The molecule has 1 atom stereocenters. The number of carbonyl (C=O) groups excluding carboxylic acids is 2. The lowest BCUT2D eigenvalue weighted by Gasteiger charge is -2.13. The first kappa shape index (κ1) is 18.1. The molecule has 1 aromatic carbocycles. The molecular weight excluding hydrogens is 310 g/mol. The Bertz CT molecular complexity index is 604. The lowest BCUT2D eigenvalue weighted by molar-refractivity contribution is -0.121. The Kier molecular flexibility index (Phi) is 6.43. The van der Waals surface area contributed by atoms with Crippen molar-refractivity contribution >= 4 is 11.8 Å². The summed E-state index contributed by atoms with van der Waals surface area (Å²) < 4.78 is 11.4. The van der Waals surface area contributed by atoms with Crippen LogP contribution >= 0.6 is 0 Å².